The third-order valence-electron chi connectivity index (χ3n) is 7.26. The van der Waals surface area contributed by atoms with Gasteiger partial charge >= 0.3 is 5.97 Å². The average Bonchev–Trinajstić information content (AvgIpc) is 3.19. The van der Waals surface area contributed by atoms with Crippen molar-refractivity contribution in [3.63, 3.8) is 0 Å². The SMILES string of the molecule is COc1ccc(NCCNC(=O)[C@@H]2CCCC[C@@]2(C(N)=O)c2c(C(=O)O)n(C)c3ccccc23)cc1. The van der Waals surface area contributed by atoms with Gasteiger partial charge in [0, 0.05) is 42.3 Å². The Bertz CT molecular complexity index is 1280. The molecule has 1 fully saturated rings. The number of nitrogens with two attached hydrogens (primary N) is 1. The Morgan fingerprint density at radius 3 is 2.50 bits per heavy atom. The Hall–Kier alpha value is -4.01. The molecular formula is C27H32N4O5. The minimum atomic E-state index is -1.42. The number of carbonyl (C=O) groups excluding carboxylic acids is 2. The lowest BCUT2D eigenvalue weighted by Gasteiger charge is -2.41. The molecule has 2 amide bonds. The maximum Gasteiger partial charge on any atom is 0.352 e. The summed E-state index contributed by atoms with van der Waals surface area (Å²) in [7, 11) is 3.26. The smallest absolute Gasteiger partial charge is 0.352 e. The van der Waals surface area contributed by atoms with E-state index in [9.17, 15) is 19.5 Å². The topological polar surface area (TPSA) is 136 Å². The molecule has 2 aromatic carbocycles. The first-order valence-electron chi connectivity index (χ1n) is 12.1. The summed E-state index contributed by atoms with van der Waals surface area (Å²) in [4.78, 5) is 39.1. The lowest BCUT2D eigenvalue weighted by atomic mass is 9.61. The minimum absolute atomic E-state index is 0.00382. The highest BCUT2D eigenvalue weighted by atomic mass is 16.5. The van der Waals surface area contributed by atoms with E-state index in [2.05, 4.69) is 10.6 Å². The lowest BCUT2D eigenvalue weighted by molar-refractivity contribution is -0.137. The first kappa shape index (κ1) is 25.1. The van der Waals surface area contributed by atoms with Gasteiger partial charge < -0.3 is 30.8 Å². The van der Waals surface area contributed by atoms with Crippen LogP contribution in [0, 0.1) is 5.92 Å². The molecule has 1 aromatic heterocycles. The van der Waals surface area contributed by atoms with Crippen LogP contribution in [0.15, 0.2) is 48.5 Å². The van der Waals surface area contributed by atoms with E-state index in [1.165, 1.54) is 0 Å². The van der Waals surface area contributed by atoms with Crippen molar-refractivity contribution in [2.75, 3.05) is 25.5 Å². The van der Waals surface area contributed by atoms with Crippen molar-refractivity contribution >= 4 is 34.4 Å². The van der Waals surface area contributed by atoms with E-state index in [0.717, 1.165) is 17.9 Å². The number of hydrogen-bond acceptors (Lipinski definition) is 5. The highest BCUT2D eigenvalue weighted by Crippen LogP contribution is 2.48. The zero-order valence-electron chi connectivity index (χ0n) is 20.5. The molecule has 2 atom stereocenters. The number of carboxylic acids is 1. The Morgan fingerprint density at radius 1 is 1.11 bits per heavy atom. The van der Waals surface area contributed by atoms with Gasteiger partial charge in [0.2, 0.25) is 11.8 Å². The van der Waals surface area contributed by atoms with Crippen LogP contribution in [0.25, 0.3) is 10.9 Å². The van der Waals surface area contributed by atoms with Crippen LogP contribution >= 0.6 is 0 Å². The van der Waals surface area contributed by atoms with Gasteiger partial charge in [-0.2, -0.15) is 0 Å². The summed E-state index contributed by atoms with van der Waals surface area (Å²) in [6, 6.07) is 14.7. The average molecular weight is 493 g/mol. The van der Waals surface area contributed by atoms with Crippen LogP contribution in [0.1, 0.15) is 41.7 Å². The molecule has 36 heavy (non-hydrogen) atoms. The number of rotatable bonds is 9. The van der Waals surface area contributed by atoms with Gasteiger partial charge in [-0.05, 0) is 43.2 Å². The van der Waals surface area contributed by atoms with Gasteiger partial charge in [-0.15, -0.1) is 0 Å². The number of ether oxygens (including phenoxy) is 1. The number of aryl methyl sites for hydroxylation is 1. The van der Waals surface area contributed by atoms with E-state index >= 15 is 0 Å². The second-order valence-electron chi connectivity index (χ2n) is 9.19. The van der Waals surface area contributed by atoms with Crippen molar-refractivity contribution in [3.8, 4) is 5.75 Å². The van der Waals surface area contributed by atoms with Crippen molar-refractivity contribution in [2.24, 2.45) is 18.7 Å². The van der Waals surface area contributed by atoms with Crippen LogP contribution in [0.3, 0.4) is 0 Å². The monoisotopic (exact) mass is 492 g/mol. The Labute approximate surface area is 209 Å². The zero-order chi connectivity index (χ0) is 25.9. The molecule has 0 spiro atoms. The fraction of sp³-hybridized carbons (Fsp3) is 0.370. The van der Waals surface area contributed by atoms with E-state index in [4.69, 9.17) is 10.5 Å². The number of nitrogens with zero attached hydrogens (tertiary/aromatic N) is 1. The largest absolute Gasteiger partial charge is 0.497 e. The van der Waals surface area contributed by atoms with E-state index in [-0.39, 0.29) is 11.6 Å². The van der Waals surface area contributed by atoms with Crippen LogP contribution in [0.5, 0.6) is 5.75 Å². The van der Waals surface area contributed by atoms with Crippen molar-refractivity contribution in [2.45, 2.75) is 31.1 Å². The van der Waals surface area contributed by atoms with Crippen LogP contribution in [-0.4, -0.2) is 47.7 Å². The van der Waals surface area contributed by atoms with E-state index < -0.39 is 23.2 Å². The fourth-order valence-corrected chi connectivity index (χ4v) is 5.57. The molecule has 1 aliphatic carbocycles. The van der Waals surface area contributed by atoms with Crippen LogP contribution in [0.2, 0.25) is 0 Å². The summed E-state index contributed by atoms with van der Waals surface area (Å²) in [5, 5.41) is 16.9. The molecule has 3 aromatic rings. The van der Waals surface area contributed by atoms with Gasteiger partial charge in [-0.25, -0.2) is 4.79 Å². The van der Waals surface area contributed by atoms with Gasteiger partial charge in [0.15, 0.2) is 0 Å². The Morgan fingerprint density at radius 2 is 1.83 bits per heavy atom. The molecule has 1 saturated carbocycles. The van der Waals surface area contributed by atoms with Gasteiger partial charge in [-0.3, -0.25) is 9.59 Å². The van der Waals surface area contributed by atoms with Crippen molar-refractivity contribution in [1.29, 1.82) is 0 Å². The molecule has 1 heterocycles. The molecule has 0 bridgehead atoms. The van der Waals surface area contributed by atoms with E-state index in [0.29, 0.717) is 48.8 Å². The number of nitrogens with one attached hydrogen (secondary N) is 2. The normalized spacial score (nSPS) is 19.6. The number of aromatic nitrogens is 1. The van der Waals surface area contributed by atoms with Crippen LogP contribution in [-0.2, 0) is 22.1 Å². The summed E-state index contributed by atoms with van der Waals surface area (Å²) in [6.45, 7) is 0.806. The molecule has 4 rings (SSSR count). The number of amides is 2. The molecule has 0 saturated heterocycles. The number of carbonyl (C=O) groups is 3. The molecule has 1 aliphatic rings. The number of benzene rings is 2. The van der Waals surface area contributed by atoms with Crippen molar-refractivity contribution in [1.82, 2.24) is 9.88 Å². The summed E-state index contributed by atoms with van der Waals surface area (Å²) in [6.07, 6.45) is 2.19. The predicted octanol–water partition coefficient (Wildman–Crippen LogP) is 3.03. The number of methoxy groups -OCH3 is 1. The Balaban J connectivity index is 1.62. The number of fused-ring (bicyclic) bond motifs is 1. The third-order valence-corrected chi connectivity index (χ3v) is 7.26. The maximum atomic E-state index is 13.5. The number of primary amides is 1. The van der Waals surface area contributed by atoms with Crippen LogP contribution < -0.4 is 21.1 Å². The summed E-state index contributed by atoms with van der Waals surface area (Å²) >= 11 is 0. The molecule has 0 radical (unpaired) electrons. The number of hydrogen-bond donors (Lipinski definition) is 4. The van der Waals surface area contributed by atoms with Crippen molar-refractivity contribution < 1.29 is 24.2 Å². The Kier molecular flexibility index (Phi) is 7.19. The maximum absolute atomic E-state index is 13.5. The summed E-state index contributed by atoms with van der Waals surface area (Å²) in [5.41, 5.74) is 6.53. The molecule has 5 N–H and O–H groups in total. The second-order valence-corrected chi connectivity index (χ2v) is 9.19. The highest BCUT2D eigenvalue weighted by molar-refractivity contribution is 6.05. The van der Waals surface area contributed by atoms with Gasteiger partial charge in [0.1, 0.15) is 11.4 Å². The molecule has 9 nitrogen and oxygen atoms in total. The van der Waals surface area contributed by atoms with Gasteiger partial charge in [0.05, 0.1) is 18.4 Å². The molecule has 0 unspecified atom stereocenters. The van der Waals surface area contributed by atoms with Gasteiger partial charge in [-0.1, -0.05) is 31.0 Å². The summed E-state index contributed by atoms with van der Waals surface area (Å²) in [5.74, 6) is -2.14. The van der Waals surface area contributed by atoms with Gasteiger partial charge in [0.25, 0.3) is 0 Å². The first-order chi connectivity index (χ1) is 17.3. The molecule has 9 heteroatoms. The number of carboxylic acid groups (broad SMARTS) is 1. The fourth-order valence-electron chi connectivity index (χ4n) is 5.57. The third kappa shape index (κ3) is 4.36. The lowest BCUT2D eigenvalue weighted by Crippen LogP contribution is -2.55. The first-order valence-corrected chi connectivity index (χ1v) is 12.1. The van der Waals surface area contributed by atoms with Crippen LogP contribution in [0.4, 0.5) is 5.69 Å². The summed E-state index contributed by atoms with van der Waals surface area (Å²) < 4.78 is 6.73. The standard InChI is InChI=1S/C27H32N4O5/c1-31-21-9-4-3-7-19(21)22(23(31)25(33)34)27(26(28)35)14-6-5-8-20(27)24(32)30-16-15-29-17-10-12-18(36-2)13-11-17/h3-4,7,9-13,20,29H,5-6,8,14-16H2,1-2H3,(H2,28,35)(H,30,32)(H,33,34)/t20-,27-/m0/s1. The highest BCUT2D eigenvalue weighted by Gasteiger charge is 2.53. The minimum Gasteiger partial charge on any atom is -0.497 e. The number of aromatic carboxylic acids is 1. The van der Waals surface area contributed by atoms with E-state index in [1.54, 1.807) is 30.9 Å². The number of anilines is 1. The number of para-hydroxylation sites is 1. The van der Waals surface area contributed by atoms with E-state index in [1.807, 2.05) is 36.4 Å². The predicted molar refractivity (Wildman–Crippen MR) is 137 cm³/mol. The van der Waals surface area contributed by atoms with Crippen molar-refractivity contribution in [3.05, 3.63) is 59.8 Å². The second kappa shape index (κ2) is 10.3. The molecule has 0 aliphatic heterocycles. The molecule has 190 valence electrons. The quantitative estimate of drug-likeness (QED) is 0.339. The zero-order valence-corrected chi connectivity index (χ0v) is 20.5. The molecular weight excluding hydrogens is 460 g/mol.